The van der Waals surface area contributed by atoms with Crippen LogP contribution in [-0.4, -0.2) is 0 Å². The summed E-state index contributed by atoms with van der Waals surface area (Å²) in [6.07, 6.45) is 0. The molecule has 0 spiro atoms. The predicted octanol–water partition coefficient (Wildman–Crippen LogP) is 3.43. The molecule has 0 aliphatic heterocycles. The number of nitrogens with two attached hydrogens (primary N) is 1. The van der Waals surface area contributed by atoms with Crippen molar-refractivity contribution in [2.75, 3.05) is 0 Å². The lowest BCUT2D eigenvalue weighted by molar-refractivity contribution is 1.07. The van der Waals surface area contributed by atoms with E-state index in [1.165, 1.54) is 27.8 Å². The molecule has 0 aliphatic rings. The molecule has 1 nitrogen and oxygen atoms in total. The fourth-order valence-corrected chi connectivity index (χ4v) is 1.96. The minimum Gasteiger partial charge on any atom is -0.326 e. The van der Waals surface area contributed by atoms with Gasteiger partial charge in [0, 0.05) is 6.54 Å². The Kier molecular flexibility index (Phi) is 3.07. The summed E-state index contributed by atoms with van der Waals surface area (Å²) in [6, 6.07) is 14.9. The largest absolute Gasteiger partial charge is 0.326 e. The van der Waals surface area contributed by atoms with Crippen LogP contribution in [0.4, 0.5) is 0 Å². The Labute approximate surface area is 96.9 Å². The van der Waals surface area contributed by atoms with E-state index in [0.717, 1.165) is 0 Å². The summed E-state index contributed by atoms with van der Waals surface area (Å²) in [4.78, 5) is 0. The van der Waals surface area contributed by atoms with Crippen molar-refractivity contribution in [3.05, 3.63) is 59.2 Å². The van der Waals surface area contributed by atoms with Crippen LogP contribution in [0.2, 0.25) is 0 Å². The standard InChI is InChI=1S/C15H17N/c1-11-5-3-4-6-14(11)15-9-13(10-16)8-7-12(15)2/h3-9H,10,16H2,1-2H3. The molecule has 0 amide bonds. The molecule has 2 N–H and O–H groups in total. The first kappa shape index (κ1) is 10.9. The van der Waals surface area contributed by atoms with Gasteiger partial charge in [-0.2, -0.15) is 0 Å². The maximum absolute atomic E-state index is 5.68. The zero-order chi connectivity index (χ0) is 11.5. The summed E-state index contributed by atoms with van der Waals surface area (Å²) in [6.45, 7) is 4.88. The molecule has 2 rings (SSSR count). The molecule has 0 fully saturated rings. The fraction of sp³-hybridized carbons (Fsp3) is 0.200. The van der Waals surface area contributed by atoms with Gasteiger partial charge >= 0.3 is 0 Å². The van der Waals surface area contributed by atoms with E-state index in [0.29, 0.717) is 6.54 Å². The SMILES string of the molecule is Cc1ccccc1-c1cc(CN)ccc1C. The van der Waals surface area contributed by atoms with Gasteiger partial charge in [0.2, 0.25) is 0 Å². The average molecular weight is 211 g/mol. The van der Waals surface area contributed by atoms with Crippen molar-refractivity contribution in [2.24, 2.45) is 5.73 Å². The summed E-state index contributed by atoms with van der Waals surface area (Å²) >= 11 is 0. The highest BCUT2D eigenvalue weighted by Crippen LogP contribution is 2.27. The normalized spacial score (nSPS) is 10.4. The van der Waals surface area contributed by atoms with Gasteiger partial charge in [-0.3, -0.25) is 0 Å². The Balaban J connectivity index is 2.59. The predicted molar refractivity (Wildman–Crippen MR) is 69.2 cm³/mol. The lowest BCUT2D eigenvalue weighted by Gasteiger charge is -2.10. The molecule has 2 aromatic rings. The monoisotopic (exact) mass is 211 g/mol. The molecular formula is C15H17N. The second-order valence-corrected chi connectivity index (χ2v) is 4.17. The van der Waals surface area contributed by atoms with Crippen molar-refractivity contribution in [3.8, 4) is 11.1 Å². The van der Waals surface area contributed by atoms with Gasteiger partial charge in [-0.25, -0.2) is 0 Å². The van der Waals surface area contributed by atoms with E-state index >= 15 is 0 Å². The van der Waals surface area contributed by atoms with E-state index in [2.05, 4.69) is 56.3 Å². The lowest BCUT2D eigenvalue weighted by atomic mass is 9.95. The van der Waals surface area contributed by atoms with E-state index in [-0.39, 0.29) is 0 Å². The van der Waals surface area contributed by atoms with E-state index in [1.807, 2.05) is 0 Å². The van der Waals surface area contributed by atoms with Crippen LogP contribution >= 0.6 is 0 Å². The summed E-state index contributed by atoms with van der Waals surface area (Å²) in [7, 11) is 0. The van der Waals surface area contributed by atoms with Gasteiger partial charge in [0.15, 0.2) is 0 Å². The summed E-state index contributed by atoms with van der Waals surface area (Å²) < 4.78 is 0. The van der Waals surface area contributed by atoms with E-state index in [1.54, 1.807) is 0 Å². The zero-order valence-corrected chi connectivity index (χ0v) is 9.83. The van der Waals surface area contributed by atoms with Gasteiger partial charge in [-0.05, 0) is 47.7 Å². The number of aryl methyl sites for hydroxylation is 2. The van der Waals surface area contributed by atoms with Gasteiger partial charge < -0.3 is 5.73 Å². The third-order valence-corrected chi connectivity index (χ3v) is 2.97. The third kappa shape index (κ3) is 2.00. The van der Waals surface area contributed by atoms with Crippen molar-refractivity contribution < 1.29 is 0 Å². The van der Waals surface area contributed by atoms with Crippen LogP contribution in [0.15, 0.2) is 42.5 Å². The highest BCUT2D eigenvalue weighted by molar-refractivity contribution is 5.70. The Morgan fingerprint density at radius 2 is 1.56 bits per heavy atom. The molecule has 0 heterocycles. The molecule has 0 aromatic heterocycles. The first-order valence-corrected chi connectivity index (χ1v) is 5.58. The zero-order valence-electron chi connectivity index (χ0n) is 9.83. The average Bonchev–Trinajstić information content (AvgIpc) is 2.31. The molecule has 0 aliphatic carbocycles. The summed E-state index contributed by atoms with van der Waals surface area (Å²) in [5.74, 6) is 0. The van der Waals surface area contributed by atoms with Crippen LogP contribution < -0.4 is 5.73 Å². The molecule has 2 aromatic carbocycles. The molecule has 1 heteroatoms. The Morgan fingerprint density at radius 3 is 2.25 bits per heavy atom. The van der Waals surface area contributed by atoms with Crippen LogP contribution in [-0.2, 0) is 6.54 Å². The fourth-order valence-electron chi connectivity index (χ4n) is 1.96. The Bertz CT molecular complexity index is 501. The Hall–Kier alpha value is -1.60. The van der Waals surface area contributed by atoms with Crippen molar-refractivity contribution in [1.82, 2.24) is 0 Å². The highest BCUT2D eigenvalue weighted by Gasteiger charge is 2.04. The molecular weight excluding hydrogens is 194 g/mol. The van der Waals surface area contributed by atoms with Gasteiger partial charge in [-0.15, -0.1) is 0 Å². The number of hydrogen-bond donors (Lipinski definition) is 1. The van der Waals surface area contributed by atoms with Crippen molar-refractivity contribution >= 4 is 0 Å². The molecule has 0 radical (unpaired) electrons. The van der Waals surface area contributed by atoms with Crippen LogP contribution in [0, 0.1) is 13.8 Å². The minimum atomic E-state index is 0.596. The van der Waals surface area contributed by atoms with Gasteiger partial charge in [0.1, 0.15) is 0 Å². The van der Waals surface area contributed by atoms with E-state index < -0.39 is 0 Å². The minimum absolute atomic E-state index is 0.596. The topological polar surface area (TPSA) is 26.0 Å². The van der Waals surface area contributed by atoms with Gasteiger partial charge in [0.25, 0.3) is 0 Å². The van der Waals surface area contributed by atoms with Crippen LogP contribution in [0.1, 0.15) is 16.7 Å². The van der Waals surface area contributed by atoms with Crippen molar-refractivity contribution in [3.63, 3.8) is 0 Å². The quantitative estimate of drug-likeness (QED) is 0.809. The van der Waals surface area contributed by atoms with Gasteiger partial charge in [0.05, 0.1) is 0 Å². The number of rotatable bonds is 2. The van der Waals surface area contributed by atoms with Crippen LogP contribution in [0.5, 0.6) is 0 Å². The second-order valence-electron chi connectivity index (χ2n) is 4.17. The third-order valence-electron chi connectivity index (χ3n) is 2.97. The molecule has 16 heavy (non-hydrogen) atoms. The molecule has 0 bridgehead atoms. The maximum atomic E-state index is 5.68. The molecule has 82 valence electrons. The first-order valence-electron chi connectivity index (χ1n) is 5.58. The smallest absolute Gasteiger partial charge is 0.0178 e. The highest BCUT2D eigenvalue weighted by atomic mass is 14.5. The summed E-state index contributed by atoms with van der Waals surface area (Å²) in [5.41, 5.74) is 12.1. The van der Waals surface area contributed by atoms with Crippen LogP contribution in [0.3, 0.4) is 0 Å². The lowest BCUT2D eigenvalue weighted by Crippen LogP contribution is -1.97. The van der Waals surface area contributed by atoms with E-state index in [9.17, 15) is 0 Å². The second kappa shape index (κ2) is 4.50. The number of benzene rings is 2. The molecule has 0 saturated heterocycles. The van der Waals surface area contributed by atoms with Gasteiger partial charge in [-0.1, -0.05) is 36.4 Å². The molecule has 0 saturated carbocycles. The van der Waals surface area contributed by atoms with E-state index in [4.69, 9.17) is 5.73 Å². The number of hydrogen-bond acceptors (Lipinski definition) is 1. The first-order chi connectivity index (χ1) is 7.72. The summed E-state index contributed by atoms with van der Waals surface area (Å²) in [5, 5.41) is 0. The molecule has 0 unspecified atom stereocenters. The van der Waals surface area contributed by atoms with Crippen molar-refractivity contribution in [1.29, 1.82) is 0 Å². The van der Waals surface area contributed by atoms with Crippen LogP contribution in [0.25, 0.3) is 11.1 Å². The molecule has 0 atom stereocenters. The Morgan fingerprint density at radius 1 is 0.875 bits per heavy atom. The van der Waals surface area contributed by atoms with Crippen molar-refractivity contribution in [2.45, 2.75) is 20.4 Å². The maximum Gasteiger partial charge on any atom is 0.0178 e.